The van der Waals surface area contributed by atoms with Crippen molar-refractivity contribution in [3.63, 3.8) is 0 Å². The van der Waals surface area contributed by atoms with Gasteiger partial charge in [0.25, 0.3) is 8.32 Å². The Hall–Kier alpha value is -3.81. The van der Waals surface area contributed by atoms with Gasteiger partial charge < -0.3 is 9.16 Å². The maximum absolute atomic E-state index is 14.6. The van der Waals surface area contributed by atoms with E-state index in [0.717, 1.165) is 10.4 Å². The molecule has 1 unspecified atom stereocenters. The van der Waals surface area contributed by atoms with Gasteiger partial charge in [-0.2, -0.15) is 5.10 Å². The molecule has 0 fully saturated rings. The quantitative estimate of drug-likeness (QED) is 0.218. The average molecular weight is 696 g/mol. The second-order valence-electron chi connectivity index (χ2n) is 14.5. The van der Waals surface area contributed by atoms with Crippen molar-refractivity contribution in [2.24, 2.45) is 0 Å². The molecule has 0 saturated carbocycles. The molecule has 10 heteroatoms. The number of benzene rings is 4. The van der Waals surface area contributed by atoms with Gasteiger partial charge in [0, 0.05) is 0 Å². The van der Waals surface area contributed by atoms with Gasteiger partial charge >= 0.3 is 0 Å². The lowest BCUT2D eigenvalue weighted by molar-refractivity contribution is 0.0646. The summed E-state index contributed by atoms with van der Waals surface area (Å²) in [6, 6.07) is 40.9. The van der Waals surface area contributed by atoms with Crippen LogP contribution >= 0.6 is 0 Å². The Morgan fingerprint density at radius 2 is 1.15 bits per heavy atom. The van der Waals surface area contributed by atoms with Crippen LogP contribution in [0.5, 0.6) is 5.88 Å². The number of fused-ring (bicyclic) bond motifs is 1. The second kappa shape index (κ2) is 12.9. The Morgan fingerprint density at radius 3 is 1.56 bits per heavy atom. The van der Waals surface area contributed by atoms with E-state index in [-0.39, 0.29) is 28.5 Å². The molecule has 48 heavy (non-hydrogen) atoms. The third kappa shape index (κ3) is 6.01. The fraction of sp³-hybridized carbons (Fsp3) is 0.289. The van der Waals surface area contributed by atoms with Gasteiger partial charge in [-0.1, -0.05) is 163 Å². The van der Waals surface area contributed by atoms with E-state index in [1.807, 2.05) is 72.8 Å². The van der Waals surface area contributed by atoms with Crippen LogP contribution in [0.25, 0.3) is 0 Å². The van der Waals surface area contributed by atoms with E-state index in [9.17, 15) is 8.42 Å². The van der Waals surface area contributed by atoms with Crippen LogP contribution in [-0.2, 0) is 21.0 Å². The van der Waals surface area contributed by atoms with Crippen LogP contribution in [0.3, 0.4) is 0 Å². The molecular weight excluding hydrogens is 651 g/mol. The number of hydrogen-bond acceptors (Lipinski definition) is 5. The fourth-order valence-corrected chi connectivity index (χ4v) is 20.1. The summed E-state index contributed by atoms with van der Waals surface area (Å²) in [6.45, 7) is 13.6. The largest absolute Gasteiger partial charge is 0.474 e. The highest BCUT2D eigenvalue weighted by Crippen LogP contribution is 2.40. The summed E-state index contributed by atoms with van der Waals surface area (Å²) in [4.78, 5) is 0.0411. The molecule has 1 N–H and O–H groups in total. The molecule has 6 rings (SSSR count). The zero-order chi connectivity index (χ0) is 34.2. The third-order valence-corrected chi connectivity index (χ3v) is 22.3. The van der Waals surface area contributed by atoms with Crippen LogP contribution < -0.4 is 29.9 Å². The zero-order valence-electron chi connectivity index (χ0n) is 28.6. The fourth-order valence-electron chi connectivity index (χ4n) is 7.18. The number of ether oxygens (including phenoxy) is 1. The van der Waals surface area contributed by atoms with Crippen molar-refractivity contribution in [3.05, 3.63) is 128 Å². The second-order valence-corrected chi connectivity index (χ2v) is 25.2. The first kappa shape index (κ1) is 34.1. The monoisotopic (exact) mass is 695 g/mol. The van der Waals surface area contributed by atoms with Crippen LogP contribution in [0.15, 0.2) is 132 Å². The van der Waals surface area contributed by atoms with Crippen LogP contribution in [0.2, 0.25) is 10.1 Å². The Morgan fingerprint density at radius 1 is 0.708 bits per heavy atom. The van der Waals surface area contributed by atoms with Crippen molar-refractivity contribution in [2.75, 3.05) is 6.61 Å². The van der Waals surface area contributed by atoms with Crippen molar-refractivity contribution in [1.82, 2.24) is 14.2 Å². The van der Waals surface area contributed by atoms with Gasteiger partial charge in [0.2, 0.25) is 24.1 Å². The normalized spacial score (nSPS) is 15.8. The number of aromatic nitrogens is 2. The summed E-state index contributed by atoms with van der Waals surface area (Å²) in [7, 11) is -10.1. The van der Waals surface area contributed by atoms with Crippen molar-refractivity contribution >= 4 is 47.3 Å². The molecule has 1 aliphatic rings. The van der Waals surface area contributed by atoms with E-state index in [1.165, 1.54) is 16.6 Å². The molecule has 1 aliphatic heterocycles. The number of nitrogens with one attached hydrogen (secondary N) is 1. The van der Waals surface area contributed by atoms with Gasteiger partial charge in [-0.25, -0.2) is 17.5 Å². The first-order valence-corrected chi connectivity index (χ1v) is 21.8. The smallest absolute Gasteiger partial charge is 0.261 e. The minimum Gasteiger partial charge on any atom is -0.474 e. The van der Waals surface area contributed by atoms with E-state index in [0.29, 0.717) is 6.54 Å². The SMILES string of the molecule is CC(C)(C)[Si](NS(=O)(=O)c1cnn2c1OCC(O[Si](c1ccccc1)(c1ccccc1)C(C)(C)C)C2)(c1ccccc1)c1ccccc1. The predicted molar refractivity (Wildman–Crippen MR) is 198 cm³/mol. The molecule has 0 saturated heterocycles. The van der Waals surface area contributed by atoms with Crippen LogP contribution in [0, 0.1) is 0 Å². The molecule has 0 radical (unpaired) electrons. The van der Waals surface area contributed by atoms with Crippen LogP contribution in [0.1, 0.15) is 41.5 Å². The van der Waals surface area contributed by atoms with E-state index in [1.54, 1.807) is 4.68 Å². The number of rotatable bonds is 9. The van der Waals surface area contributed by atoms with Gasteiger partial charge in [-0.3, -0.25) is 0 Å². The molecule has 0 bridgehead atoms. The third-order valence-electron chi connectivity index (χ3n) is 9.42. The minimum absolute atomic E-state index is 0.0411. The van der Waals surface area contributed by atoms with Crippen molar-refractivity contribution in [2.45, 2.75) is 69.2 Å². The standard InChI is InChI=1S/C38H45N3O4SSi2/c1-37(2,3)47(31-19-11-7-12-20-31,32-21-13-8-14-22-32)40-46(42,43)35-27-39-41-28-30(29-44-36(35)41)45-48(38(4,5)6,33-23-15-9-16-24-33)34-25-17-10-18-26-34/h7-27,30,40H,28-29H2,1-6H3. The Balaban J connectivity index is 1.37. The number of nitrogens with zero attached hydrogens (tertiary/aromatic N) is 2. The summed E-state index contributed by atoms with van der Waals surface area (Å²) in [5.41, 5.74) is 0. The number of sulfonamides is 1. The highest BCUT2D eigenvalue weighted by molar-refractivity contribution is 7.91. The highest BCUT2D eigenvalue weighted by Gasteiger charge is 2.53. The van der Waals surface area contributed by atoms with Crippen LogP contribution in [0.4, 0.5) is 0 Å². The first-order chi connectivity index (χ1) is 22.8. The maximum Gasteiger partial charge on any atom is 0.261 e. The zero-order valence-corrected chi connectivity index (χ0v) is 31.4. The lowest BCUT2D eigenvalue weighted by atomic mass is 10.2. The molecular formula is C38H45N3O4SSi2. The summed E-state index contributed by atoms with van der Waals surface area (Å²) >= 11 is 0. The van der Waals surface area contributed by atoms with Gasteiger partial charge in [-0.05, 0) is 30.8 Å². The molecule has 1 aromatic heterocycles. The summed E-state index contributed by atoms with van der Waals surface area (Å²) < 4.78 is 47.7. The van der Waals surface area contributed by atoms with Crippen molar-refractivity contribution < 1.29 is 17.6 Å². The molecule has 250 valence electrons. The average Bonchev–Trinajstić information content (AvgIpc) is 3.51. The highest BCUT2D eigenvalue weighted by atomic mass is 32.2. The molecule has 5 aromatic rings. The molecule has 4 aromatic carbocycles. The summed E-state index contributed by atoms with van der Waals surface area (Å²) in [5, 5.41) is 8.24. The summed E-state index contributed by atoms with van der Waals surface area (Å²) in [6.07, 6.45) is 1.07. The number of hydrogen-bond donors (Lipinski definition) is 1. The van der Waals surface area contributed by atoms with E-state index in [4.69, 9.17) is 9.16 Å². The minimum atomic E-state index is -4.09. The van der Waals surface area contributed by atoms with E-state index in [2.05, 4.69) is 99.6 Å². The summed E-state index contributed by atoms with van der Waals surface area (Å²) in [5.74, 6) is 0.239. The van der Waals surface area contributed by atoms with E-state index < -0.39 is 31.6 Å². The lowest BCUT2D eigenvalue weighted by Gasteiger charge is -2.45. The van der Waals surface area contributed by atoms with E-state index >= 15 is 0 Å². The maximum atomic E-state index is 14.6. The Kier molecular flexibility index (Phi) is 9.16. The molecule has 7 nitrogen and oxygen atoms in total. The van der Waals surface area contributed by atoms with Gasteiger partial charge in [0.15, 0.2) is 4.90 Å². The Labute approximate surface area is 287 Å². The van der Waals surface area contributed by atoms with Crippen molar-refractivity contribution in [3.8, 4) is 5.88 Å². The molecule has 0 aliphatic carbocycles. The van der Waals surface area contributed by atoms with Gasteiger partial charge in [-0.15, -0.1) is 0 Å². The molecule has 0 spiro atoms. The van der Waals surface area contributed by atoms with Crippen molar-refractivity contribution in [1.29, 1.82) is 0 Å². The molecule has 2 heterocycles. The predicted octanol–water partition coefficient (Wildman–Crippen LogP) is 5.06. The van der Waals surface area contributed by atoms with Gasteiger partial charge in [0.1, 0.15) is 6.61 Å². The molecule has 1 atom stereocenters. The Bertz CT molecular complexity index is 1860. The lowest BCUT2D eigenvalue weighted by Crippen LogP contribution is -2.74. The molecule has 0 amide bonds. The van der Waals surface area contributed by atoms with Crippen LogP contribution in [-0.4, -0.2) is 47.5 Å². The topological polar surface area (TPSA) is 82.5 Å². The van der Waals surface area contributed by atoms with Gasteiger partial charge in [0.05, 0.1) is 18.8 Å². The first-order valence-electron chi connectivity index (χ1n) is 16.4.